The van der Waals surface area contributed by atoms with E-state index in [0.717, 1.165) is 10.5 Å². The topological polar surface area (TPSA) is 49.4 Å². The molecule has 4 nitrogen and oxygen atoms in total. The van der Waals surface area contributed by atoms with Crippen molar-refractivity contribution in [2.24, 2.45) is 0 Å². The molecule has 25 heavy (non-hydrogen) atoms. The van der Waals surface area contributed by atoms with Crippen molar-refractivity contribution in [3.05, 3.63) is 64.7 Å². The maximum absolute atomic E-state index is 12.6. The summed E-state index contributed by atoms with van der Waals surface area (Å²) >= 11 is 7.39. The average molecular weight is 377 g/mol. The van der Waals surface area contributed by atoms with Crippen LogP contribution >= 0.6 is 23.4 Å². The zero-order valence-corrected chi connectivity index (χ0v) is 16.0. The monoisotopic (exact) mass is 376 g/mol. The third kappa shape index (κ3) is 5.51. The van der Waals surface area contributed by atoms with E-state index in [9.17, 15) is 9.59 Å². The predicted molar refractivity (Wildman–Crippen MR) is 103 cm³/mol. The lowest BCUT2D eigenvalue weighted by molar-refractivity contribution is -0.129. The van der Waals surface area contributed by atoms with Crippen LogP contribution in [0.5, 0.6) is 0 Å². The minimum Gasteiger partial charge on any atom is -0.355 e. The molecule has 0 fully saturated rings. The largest absolute Gasteiger partial charge is 0.355 e. The number of hydrogen-bond acceptors (Lipinski definition) is 3. The summed E-state index contributed by atoms with van der Waals surface area (Å²) in [5.41, 5.74) is 1.58. The Morgan fingerprint density at radius 1 is 1.12 bits per heavy atom. The summed E-state index contributed by atoms with van der Waals surface area (Å²) < 4.78 is 0. The van der Waals surface area contributed by atoms with Gasteiger partial charge in [-0.25, -0.2) is 0 Å². The van der Waals surface area contributed by atoms with Gasteiger partial charge in [-0.3, -0.25) is 9.59 Å². The quantitative estimate of drug-likeness (QED) is 0.779. The van der Waals surface area contributed by atoms with E-state index in [4.69, 9.17) is 11.6 Å². The zero-order chi connectivity index (χ0) is 18.4. The van der Waals surface area contributed by atoms with Crippen molar-refractivity contribution in [3.8, 4) is 0 Å². The smallest absolute Gasteiger partial charge is 0.251 e. The Bertz CT molecular complexity index is 732. The van der Waals surface area contributed by atoms with Gasteiger partial charge in [0.15, 0.2) is 0 Å². The Morgan fingerprint density at radius 3 is 2.28 bits per heavy atom. The van der Waals surface area contributed by atoms with Crippen LogP contribution in [-0.4, -0.2) is 36.1 Å². The number of thioether (sulfide) groups is 1. The molecule has 6 heteroatoms. The van der Waals surface area contributed by atoms with Crippen LogP contribution in [0.2, 0.25) is 5.02 Å². The number of halogens is 1. The minimum atomic E-state index is -0.198. The third-order valence-electron chi connectivity index (χ3n) is 3.71. The SMILES string of the molecule is CNC(=O)c1ccc(CN(C)C(=O)C(C)Sc2ccc(Cl)cc2)cc1. The second-order valence-corrected chi connectivity index (χ2v) is 7.53. The zero-order valence-electron chi connectivity index (χ0n) is 14.5. The molecule has 2 amide bonds. The van der Waals surface area contributed by atoms with E-state index in [1.165, 1.54) is 11.8 Å². The number of hydrogen-bond donors (Lipinski definition) is 1. The number of amides is 2. The first-order chi connectivity index (χ1) is 11.9. The normalized spacial score (nSPS) is 11.7. The number of benzene rings is 2. The summed E-state index contributed by atoms with van der Waals surface area (Å²) in [7, 11) is 3.39. The van der Waals surface area contributed by atoms with Crippen molar-refractivity contribution in [2.45, 2.75) is 23.6 Å². The van der Waals surface area contributed by atoms with Gasteiger partial charge in [0.2, 0.25) is 5.91 Å². The van der Waals surface area contributed by atoms with E-state index in [1.807, 2.05) is 43.3 Å². The van der Waals surface area contributed by atoms with Crippen LogP contribution in [-0.2, 0) is 11.3 Å². The maximum Gasteiger partial charge on any atom is 0.251 e. The van der Waals surface area contributed by atoms with Gasteiger partial charge in [0, 0.05) is 36.1 Å². The van der Waals surface area contributed by atoms with Crippen molar-refractivity contribution in [1.29, 1.82) is 0 Å². The fourth-order valence-electron chi connectivity index (χ4n) is 2.34. The second-order valence-electron chi connectivity index (χ2n) is 5.68. The maximum atomic E-state index is 12.6. The van der Waals surface area contributed by atoms with E-state index in [1.54, 1.807) is 31.1 Å². The van der Waals surface area contributed by atoms with Crippen LogP contribution in [0.1, 0.15) is 22.8 Å². The van der Waals surface area contributed by atoms with E-state index in [0.29, 0.717) is 17.1 Å². The molecule has 0 saturated heterocycles. The molecular formula is C19H21ClN2O2S. The highest BCUT2D eigenvalue weighted by Gasteiger charge is 2.19. The summed E-state index contributed by atoms with van der Waals surface area (Å²) in [6, 6.07) is 14.7. The van der Waals surface area contributed by atoms with Crippen molar-refractivity contribution >= 4 is 35.2 Å². The summed E-state index contributed by atoms with van der Waals surface area (Å²) in [4.78, 5) is 26.8. The standard InChI is InChI=1S/C19H21ClN2O2S/c1-13(25-17-10-8-16(20)9-11-17)19(24)22(3)12-14-4-6-15(7-5-14)18(23)21-2/h4-11,13H,12H2,1-3H3,(H,21,23). The lowest BCUT2D eigenvalue weighted by atomic mass is 10.1. The summed E-state index contributed by atoms with van der Waals surface area (Å²) in [5, 5.41) is 3.07. The highest BCUT2D eigenvalue weighted by Crippen LogP contribution is 2.26. The van der Waals surface area contributed by atoms with Crippen LogP contribution < -0.4 is 5.32 Å². The molecule has 0 saturated carbocycles. The second kappa shape index (κ2) is 8.92. The molecule has 1 unspecified atom stereocenters. The van der Waals surface area contributed by atoms with Crippen LogP contribution in [0.15, 0.2) is 53.4 Å². The van der Waals surface area contributed by atoms with Gasteiger partial charge in [-0.15, -0.1) is 11.8 Å². The molecule has 0 radical (unpaired) electrons. The van der Waals surface area contributed by atoms with Crippen molar-refractivity contribution in [2.75, 3.05) is 14.1 Å². The van der Waals surface area contributed by atoms with E-state index < -0.39 is 0 Å². The lowest BCUT2D eigenvalue weighted by Gasteiger charge is -2.21. The third-order valence-corrected chi connectivity index (χ3v) is 5.06. The molecule has 2 aromatic rings. The van der Waals surface area contributed by atoms with Gasteiger partial charge >= 0.3 is 0 Å². The summed E-state index contributed by atoms with van der Waals surface area (Å²) in [6.45, 7) is 2.39. The average Bonchev–Trinajstić information content (AvgIpc) is 2.62. The van der Waals surface area contributed by atoms with Crippen molar-refractivity contribution < 1.29 is 9.59 Å². The van der Waals surface area contributed by atoms with Gasteiger partial charge in [0.05, 0.1) is 5.25 Å². The molecule has 0 bridgehead atoms. The Balaban J connectivity index is 1.94. The summed E-state index contributed by atoms with van der Waals surface area (Å²) in [6.07, 6.45) is 0. The van der Waals surface area contributed by atoms with Gasteiger partial charge in [-0.2, -0.15) is 0 Å². The Kier molecular flexibility index (Phi) is 6.91. The molecule has 0 aliphatic rings. The fourth-order valence-corrected chi connectivity index (χ4v) is 3.44. The molecular weight excluding hydrogens is 356 g/mol. The van der Waals surface area contributed by atoms with E-state index >= 15 is 0 Å². The molecule has 2 aromatic carbocycles. The number of carbonyl (C=O) groups excluding carboxylic acids is 2. The van der Waals surface area contributed by atoms with E-state index in [2.05, 4.69) is 5.32 Å². The van der Waals surface area contributed by atoms with Gasteiger partial charge in [-0.1, -0.05) is 23.7 Å². The highest BCUT2D eigenvalue weighted by molar-refractivity contribution is 8.00. The Hall–Kier alpha value is -1.98. The Morgan fingerprint density at radius 2 is 1.72 bits per heavy atom. The Labute approximate surface area is 157 Å². The minimum absolute atomic E-state index is 0.0512. The first-order valence-electron chi connectivity index (χ1n) is 7.89. The molecule has 0 spiro atoms. The molecule has 2 rings (SSSR count). The molecule has 0 aliphatic heterocycles. The van der Waals surface area contributed by atoms with Crippen molar-refractivity contribution in [3.63, 3.8) is 0 Å². The molecule has 0 aromatic heterocycles. The van der Waals surface area contributed by atoms with Gasteiger partial charge in [0.1, 0.15) is 0 Å². The van der Waals surface area contributed by atoms with Crippen molar-refractivity contribution in [1.82, 2.24) is 10.2 Å². The number of nitrogens with zero attached hydrogens (tertiary/aromatic N) is 1. The molecule has 0 aliphatic carbocycles. The van der Waals surface area contributed by atoms with Crippen LogP contribution in [0.25, 0.3) is 0 Å². The number of nitrogens with one attached hydrogen (secondary N) is 1. The molecule has 1 N–H and O–H groups in total. The first kappa shape index (κ1) is 19.3. The predicted octanol–water partition coefficient (Wildman–Crippen LogP) is 3.84. The van der Waals surface area contributed by atoms with Crippen LogP contribution in [0.4, 0.5) is 0 Å². The van der Waals surface area contributed by atoms with E-state index in [-0.39, 0.29) is 17.1 Å². The highest BCUT2D eigenvalue weighted by atomic mass is 35.5. The van der Waals surface area contributed by atoms with Gasteiger partial charge in [-0.05, 0) is 48.9 Å². The van der Waals surface area contributed by atoms with Gasteiger partial charge < -0.3 is 10.2 Å². The molecule has 0 heterocycles. The van der Waals surface area contributed by atoms with Crippen LogP contribution in [0, 0.1) is 0 Å². The van der Waals surface area contributed by atoms with Gasteiger partial charge in [0.25, 0.3) is 5.91 Å². The first-order valence-corrected chi connectivity index (χ1v) is 9.14. The van der Waals surface area contributed by atoms with Crippen LogP contribution in [0.3, 0.4) is 0 Å². The number of rotatable bonds is 6. The number of carbonyl (C=O) groups is 2. The fraction of sp³-hybridized carbons (Fsp3) is 0.263. The molecule has 132 valence electrons. The summed E-state index contributed by atoms with van der Waals surface area (Å²) in [5.74, 6) is -0.0701. The molecule has 1 atom stereocenters. The lowest BCUT2D eigenvalue weighted by Crippen LogP contribution is -2.32.